The number of nitrogens with zero attached hydrogens (tertiary/aromatic N) is 1. The number of piperidine rings is 1. The third-order valence-corrected chi connectivity index (χ3v) is 2.32. The lowest BCUT2D eigenvalue weighted by Crippen LogP contribution is -2.51. The molecule has 0 aliphatic carbocycles. The SMILES string of the molecule is NC(=O)N1CCCC(NCC(F)(F)F)C1. The number of carbonyl (C=O) groups is 1. The second-order valence-corrected chi connectivity index (χ2v) is 3.62. The number of rotatable bonds is 2. The minimum atomic E-state index is -4.21. The van der Waals surface area contributed by atoms with Crippen LogP contribution >= 0.6 is 0 Å². The van der Waals surface area contributed by atoms with Gasteiger partial charge in [0, 0.05) is 19.1 Å². The average Bonchev–Trinajstić information content (AvgIpc) is 2.14. The highest BCUT2D eigenvalue weighted by Gasteiger charge is 2.29. The zero-order chi connectivity index (χ0) is 11.5. The van der Waals surface area contributed by atoms with Gasteiger partial charge in [-0.05, 0) is 12.8 Å². The lowest BCUT2D eigenvalue weighted by molar-refractivity contribution is -0.126. The monoisotopic (exact) mass is 225 g/mol. The molecule has 1 saturated heterocycles. The Bertz CT molecular complexity index is 232. The van der Waals surface area contributed by atoms with Gasteiger partial charge in [-0.25, -0.2) is 4.79 Å². The second kappa shape index (κ2) is 4.69. The highest BCUT2D eigenvalue weighted by atomic mass is 19.4. The fraction of sp³-hybridized carbons (Fsp3) is 0.875. The van der Waals surface area contributed by atoms with E-state index < -0.39 is 18.8 Å². The van der Waals surface area contributed by atoms with Crippen LogP contribution in [0.15, 0.2) is 0 Å². The van der Waals surface area contributed by atoms with E-state index in [-0.39, 0.29) is 12.6 Å². The number of hydrogen-bond donors (Lipinski definition) is 2. The van der Waals surface area contributed by atoms with Crippen molar-refractivity contribution in [3.63, 3.8) is 0 Å². The lowest BCUT2D eigenvalue weighted by Gasteiger charge is -2.32. The van der Waals surface area contributed by atoms with Crippen LogP contribution in [0.1, 0.15) is 12.8 Å². The Labute approximate surface area is 85.6 Å². The van der Waals surface area contributed by atoms with Gasteiger partial charge in [-0.2, -0.15) is 13.2 Å². The number of carbonyl (C=O) groups excluding carboxylic acids is 1. The van der Waals surface area contributed by atoms with Crippen molar-refractivity contribution < 1.29 is 18.0 Å². The maximum atomic E-state index is 11.9. The largest absolute Gasteiger partial charge is 0.401 e. The number of alkyl halides is 3. The molecule has 15 heavy (non-hydrogen) atoms. The summed E-state index contributed by atoms with van der Waals surface area (Å²) in [5.41, 5.74) is 5.05. The molecule has 1 atom stereocenters. The van der Waals surface area contributed by atoms with Crippen LogP contribution in [0.5, 0.6) is 0 Å². The molecule has 1 aliphatic rings. The van der Waals surface area contributed by atoms with Crippen LogP contribution in [-0.4, -0.2) is 42.8 Å². The number of urea groups is 1. The summed E-state index contributed by atoms with van der Waals surface area (Å²) in [6.07, 6.45) is -2.90. The molecule has 4 nitrogen and oxygen atoms in total. The van der Waals surface area contributed by atoms with E-state index in [1.807, 2.05) is 0 Å². The summed E-state index contributed by atoms with van der Waals surface area (Å²) in [6.45, 7) is -0.241. The van der Waals surface area contributed by atoms with Crippen LogP contribution < -0.4 is 11.1 Å². The normalized spacial score (nSPS) is 22.9. The van der Waals surface area contributed by atoms with E-state index in [1.165, 1.54) is 4.90 Å². The van der Waals surface area contributed by atoms with E-state index in [0.29, 0.717) is 19.4 Å². The molecular formula is C8H14F3N3O. The van der Waals surface area contributed by atoms with Crippen molar-refractivity contribution in [1.82, 2.24) is 10.2 Å². The number of amides is 2. The first-order valence-electron chi connectivity index (χ1n) is 4.73. The number of nitrogens with two attached hydrogens (primary N) is 1. The minimum Gasteiger partial charge on any atom is -0.351 e. The number of nitrogens with one attached hydrogen (secondary N) is 1. The van der Waals surface area contributed by atoms with Crippen molar-refractivity contribution in [2.24, 2.45) is 5.73 Å². The van der Waals surface area contributed by atoms with Crippen LogP contribution in [0.2, 0.25) is 0 Å². The molecular weight excluding hydrogens is 211 g/mol. The summed E-state index contributed by atoms with van der Waals surface area (Å²) in [5, 5.41) is 2.37. The van der Waals surface area contributed by atoms with Gasteiger partial charge in [0.05, 0.1) is 6.54 Å². The van der Waals surface area contributed by atoms with Gasteiger partial charge in [-0.3, -0.25) is 0 Å². The summed E-state index contributed by atoms with van der Waals surface area (Å²) in [4.78, 5) is 12.2. The summed E-state index contributed by atoms with van der Waals surface area (Å²) in [6, 6.07) is -0.888. The van der Waals surface area contributed by atoms with Crippen LogP contribution in [0, 0.1) is 0 Å². The van der Waals surface area contributed by atoms with E-state index in [0.717, 1.165) is 0 Å². The van der Waals surface area contributed by atoms with Crippen molar-refractivity contribution >= 4 is 6.03 Å². The zero-order valence-corrected chi connectivity index (χ0v) is 8.18. The van der Waals surface area contributed by atoms with Crippen molar-refractivity contribution in [3.8, 4) is 0 Å². The van der Waals surface area contributed by atoms with Gasteiger partial charge in [-0.1, -0.05) is 0 Å². The molecule has 3 N–H and O–H groups in total. The Balaban J connectivity index is 2.34. The molecule has 0 radical (unpaired) electrons. The standard InChI is InChI=1S/C8H14F3N3O/c9-8(10,11)5-13-6-2-1-3-14(4-6)7(12)15/h6,13H,1-5H2,(H2,12,15). The first kappa shape index (κ1) is 12.1. The smallest absolute Gasteiger partial charge is 0.351 e. The molecule has 1 unspecified atom stereocenters. The molecule has 0 spiro atoms. The molecule has 0 aromatic rings. The maximum Gasteiger partial charge on any atom is 0.401 e. The molecule has 1 fully saturated rings. The first-order valence-corrected chi connectivity index (χ1v) is 4.73. The Kier molecular flexibility index (Phi) is 3.78. The van der Waals surface area contributed by atoms with E-state index in [2.05, 4.69) is 5.32 Å². The van der Waals surface area contributed by atoms with Gasteiger partial charge in [0.1, 0.15) is 0 Å². The Morgan fingerprint density at radius 3 is 2.73 bits per heavy atom. The predicted octanol–water partition coefficient (Wildman–Crippen LogP) is 0.681. The number of primary amides is 1. The van der Waals surface area contributed by atoms with Gasteiger partial charge in [-0.15, -0.1) is 0 Å². The zero-order valence-electron chi connectivity index (χ0n) is 8.18. The lowest BCUT2D eigenvalue weighted by atomic mass is 10.1. The first-order chi connectivity index (χ1) is 6.88. The van der Waals surface area contributed by atoms with Gasteiger partial charge in [0.2, 0.25) is 0 Å². The molecule has 7 heteroatoms. The molecule has 0 aromatic heterocycles. The highest BCUT2D eigenvalue weighted by Crippen LogP contribution is 2.15. The van der Waals surface area contributed by atoms with Gasteiger partial charge in [0.25, 0.3) is 0 Å². The summed E-state index contributed by atoms with van der Waals surface area (Å²) >= 11 is 0. The molecule has 0 bridgehead atoms. The Hall–Kier alpha value is -0.980. The summed E-state index contributed by atoms with van der Waals surface area (Å²) in [7, 11) is 0. The number of hydrogen-bond acceptors (Lipinski definition) is 2. The molecule has 1 heterocycles. The van der Waals surface area contributed by atoms with E-state index in [9.17, 15) is 18.0 Å². The number of likely N-dealkylation sites (tertiary alicyclic amines) is 1. The summed E-state index contributed by atoms with van der Waals surface area (Å²) < 4.78 is 35.7. The molecule has 0 saturated carbocycles. The van der Waals surface area contributed by atoms with E-state index >= 15 is 0 Å². The minimum absolute atomic E-state index is 0.255. The third kappa shape index (κ3) is 4.37. The number of halogens is 3. The van der Waals surface area contributed by atoms with Gasteiger partial charge >= 0.3 is 12.2 Å². The fourth-order valence-electron chi connectivity index (χ4n) is 1.60. The van der Waals surface area contributed by atoms with Crippen molar-refractivity contribution in [3.05, 3.63) is 0 Å². The second-order valence-electron chi connectivity index (χ2n) is 3.62. The van der Waals surface area contributed by atoms with Crippen LogP contribution in [-0.2, 0) is 0 Å². The van der Waals surface area contributed by atoms with Gasteiger partial charge < -0.3 is 16.0 Å². The molecule has 0 aromatic carbocycles. The van der Waals surface area contributed by atoms with Crippen molar-refractivity contribution in [2.75, 3.05) is 19.6 Å². The van der Waals surface area contributed by atoms with Crippen LogP contribution in [0.4, 0.5) is 18.0 Å². The fourth-order valence-corrected chi connectivity index (χ4v) is 1.60. The Morgan fingerprint density at radius 1 is 1.53 bits per heavy atom. The van der Waals surface area contributed by atoms with Crippen LogP contribution in [0.3, 0.4) is 0 Å². The molecule has 88 valence electrons. The molecule has 1 rings (SSSR count). The summed E-state index contributed by atoms with van der Waals surface area (Å²) in [5.74, 6) is 0. The predicted molar refractivity (Wildman–Crippen MR) is 48.2 cm³/mol. The topological polar surface area (TPSA) is 58.4 Å². The van der Waals surface area contributed by atoms with Crippen molar-refractivity contribution in [2.45, 2.75) is 25.1 Å². The van der Waals surface area contributed by atoms with Crippen molar-refractivity contribution in [1.29, 1.82) is 0 Å². The van der Waals surface area contributed by atoms with Gasteiger partial charge in [0.15, 0.2) is 0 Å². The van der Waals surface area contributed by atoms with E-state index in [4.69, 9.17) is 5.73 Å². The highest BCUT2D eigenvalue weighted by molar-refractivity contribution is 5.72. The van der Waals surface area contributed by atoms with E-state index in [1.54, 1.807) is 0 Å². The third-order valence-electron chi connectivity index (χ3n) is 2.32. The molecule has 2 amide bonds. The maximum absolute atomic E-state index is 11.9. The molecule has 1 aliphatic heterocycles. The average molecular weight is 225 g/mol. The quantitative estimate of drug-likeness (QED) is 0.726. The Morgan fingerprint density at radius 2 is 2.20 bits per heavy atom. The van der Waals surface area contributed by atoms with Crippen LogP contribution in [0.25, 0.3) is 0 Å².